The molecule has 0 saturated carbocycles. The molecule has 4 nitrogen and oxygen atoms in total. The molecule has 1 aromatic carbocycles. The zero-order valence-electron chi connectivity index (χ0n) is 13.0. The summed E-state index contributed by atoms with van der Waals surface area (Å²) in [7, 11) is 1.62. The molecule has 0 saturated heterocycles. The summed E-state index contributed by atoms with van der Waals surface area (Å²) in [5.74, 6) is -0.566. The van der Waals surface area contributed by atoms with E-state index < -0.39 is 29.3 Å². The van der Waals surface area contributed by atoms with Gasteiger partial charge in [0.15, 0.2) is 0 Å². The lowest BCUT2D eigenvalue weighted by molar-refractivity contribution is -0.137. The summed E-state index contributed by atoms with van der Waals surface area (Å²) in [6.45, 7) is 4.96. The lowest BCUT2D eigenvalue weighted by Gasteiger charge is -2.29. The number of aliphatic hydroxyl groups is 1. The number of anilines is 1. The molecular weight excluding hydrogens is 297 g/mol. The van der Waals surface area contributed by atoms with E-state index in [1.165, 1.54) is 18.2 Å². The third kappa shape index (κ3) is 5.31. The first-order valence-electron chi connectivity index (χ1n) is 6.81. The Morgan fingerprint density at radius 2 is 1.86 bits per heavy atom. The van der Waals surface area contributed by atoms with Gasteiger partial charge in [0.25, 0.3) is 0 Å². The zero-order chi connectivity index (χ0) is 17.1. The second kappa shape index (κ2) is 6.66. The Hall–Kier alpha value is -1.60. The molecule has 124 valence electrons. The Bertz CT molecular complexity index is 524. The highest BCUT2D eigenvalue weighted by atomic mass is 19.4. The van der Waals surface area contributed by atoms with Crippen LogP contribution in [0, 0.1) is 0 Å². The lowest BCUT2D eigenvalue weighted by atomic mass is 10.1. The van der Waals surface area contributed by atoms with Crippen LogP contribution < -0.4 is 5.32 Å². The fraction of sp³-hybridized carbons (Fsp3) is 0.533. The van der Waals surface area contributed by atoms with E-state index in [-0.39, 0.29) is 12.2 Å². The number of amides is 1. The van der Waals surface area contributed by atoms with E-state index in [9.17, 15) is 23.1 Å². The predicted molar refractivity (Wildman–Crippen MR) is 78.5 cm³/mol. The largest absolute Gasteiger partial charge is 0.418 e. The Kier molecular flexibility index (Phi) is 5.59. The van der Waals surface area contributed by atoms with Gasteiger partial charge in [0.2, 0.25) is 5.91 Å². The van der Waals surface area contributed by atoms with E-state index in [2.05, 4.69) is 5.32 Å². The summed E-state index contributed by atoms with van der Waals surface area (Å²) in [5.41, 5.74) is -2.17. The summed E-state index contributed by atoms with van der Waals surface area (Å²) in [6.07, 6.45) is -4.54. The lowest BCUT2D eigenvalue weighted by Crippen LogP contribution is -2.46. The average molecular weight is 318 g/mol. The maximum Gasteiger partial charge on any atom is 0.418 e. The van der Waals surface area contributed by atoms with Crippen molar-refractivity contribution < 1.29 is 23.1 Å². The second-order valence-corrected chi connectivity index (χ2v) is 5.94. The van der Waals surface area contributed by atoms with Crippen LogP contribution in [0.2, 0.25) is 0 Å². The van der Waals surface area contributed by atoms with E-state index in [1.54, 1.807) is 32.7 Å². The fourth-order valence-corrected chi connectivity index (χ4v) is 2.02. The Morgan fingerprint density at radius 3 is 2.36 bits per heavy atom. The van der Waals surface area contributed by atoms with Gasteiger partial charge in [-0.2, -0.15) is 13.2 Å². The molecule has 7 heteroatoms. The third-order valence-electron chi connectivity index (χ3n) is 3.17. The van der Waals surface area contributed by atoms with Crippen molar-refractivity contribution in [3.8, 4) is 0 Å². The van der Waals surface area contributed by atoms with Crippen LogP contribution in [-0.2, 0) is 11.0 Å². The van der Waals surface area contributed by atoms with Crippen LogP contribution in [0.3, 0.4) is 0 Å². The molecule has 0 aliphatic rings. The number of halogens is 3. The smallest absolute Gasteiger partial charge is 0.389 e. The second-order valence-electron chi connectivity index (χ2n) is 5.94. The highest BCUT2D eigenvalue weighted by Crippen LogP contribution is 2.34. The van der Waals surface area contributed by atoms with Crippen molar-refractivity contribution in [2.45, 2.75) is 38.6 Å². The monoisotopic (exact) mass is 318 g/mol. The number of likely N-dealkylation sites (N-methyl/N-ethyl adjacent to an activating group) is 1. The molecule has 0 aliphatic heterocycles. The first-order chi connectivity index (χ1) is 9.92. The van der Waals surface area contributed by atoms with E-state index in [0.29, 0.717) is 0 Å². The molecule has 0 fully saturated rings. The summed E-state index contributed by atoms with van der Waals surface area (Å²) in [4.78, 5) is 13.7. The van der Waals surface area contributed by atoms with Gasteiger partial charge in [-0.3, -0.25) is 9.69 Å². The number of carbonyl (C=O) groups excluding carboxylic acids is 1. The summed E-state index contributed by atoms with van der Waals surface area (Å²) in [6, 6.07) is 4.13. The van der Waals surface area contributed by atoms with Crippen molar-refractivity contribution in [3.63, 3.8) is 0 Å². The number of hydrogen-bond donors (Lipinski definition) is 2. The van der Waals surface area contributed by atoms with E-state index in [0.717, 1.165) is 6.07 Å². The van der Waals surface area contributed by atoms with Crippen molar-refractivity contribution in [2.75, 3.05) is 18.9 Å². The zero-order valence-corrected chi connectivity index (χ0v) is 13.0. The fourth-order valence-electron chi connectivity index (χ4n) is 2.02. The molecule has 1 unspecified atom stereocenters. The quantitative estimate of drug-likeness (QED) is 0.878. The van der Waals surface area contributed by atoms with Crippen LogP contribution in [0.5, 0.6) is 0 Å². The summed E-state index contributed by atoms with van der Waals surface area (Å²) < 4.78 is 38.7. The van der Waals surface area contributed by atoms with Crippen molar-refractivity contribution in [3.05, 3.63) is 29.8 Å². The Balaban J connectivity index is 2.85. The van der Waals surface area contributed by atoms with Crippen molar-refractivity contribution in [1.29, 1.82) is 0 Å². The van der Waals surface area contributed by atoms with Gasteiger partial charge in [0, 0.05) is 6.54 Å². The van der Waals surface area contributed by atoms with Gasteiger partial charge in [-0.25, -0.2) is 0 Å². The molecule has 1 aromatic rings. The number of alkyl halides is 3. The van der Waals surface area contributed by atoms with Gasteiger partial charge in [-0.15, -0.1) is 0 Å². The van der Waals surface area contributed by atoms with Crippen LogP contribution in [-0.4, -0.2) is 41.1 Å². The number of para-hydroxylation sites is 1. The third-order valence-corrected chi connectivity index (χ3v) is 3.17. The Labute approximate surface area is 127 Å². The van der Waals surface area contributed by atoms with Gasteiger partial charge in [0.05, 0.1) is 22.9 Å². The molecule has 1 amide bonds. The van der Waals surface area contributed by atoms with Crippen LogP contribution in [0.15, 0.2) is 24.3 Å². The molecule has 0 radical (unpaired) electrons. The minimum atomic E-state index is -4.54. The molecule has 2 N–H and O–H groups in total. The first kappa shape index (κ1) is 18.4. The minimum Gasteiger partial charge on any atom is -0.389 e. The van der Waals surface area contributed by atoms with E-state index >= 15 is 0 Å². The SMILES string of the molecule is CC(C(=O)Nc1ccccc1C(F)(F)F)N(C)CC(C)(C)O. The number of nitrogens with zero attached hydrogens (tertiary/aromatic N) is 1. The molecule has 22 heavy (non-hydrogen) atoms. The van der Waals surface area contributed by atoms with Crippen molar-refractivity contribution in [2.24, 2.45) is 0 Å². The number of hydrogen-bond acceptors (Lipinski definition) is 3. The van der Waals surface area contributed by atoms with E-state index in [1.807, 2.05) is 0 Å². The van der Waals surface area contributed by atoms with Gasteiger partial charge in [-0.05, 0) is 40.0 Å². The summed E-state index contributed by atoms with van der Waals surface area (Å²) >= 11 is 0. The van der Waals surface area contributed by atoms with Gasteiger partial charge < -0.3 is 10.4 Å². The standard InChI is InChI=1S/C15H21F3N2O2/c1-10(20(4)9-14(2,3)22)13(21)19-12-8-6-5-7-11(12)15(16,17)18/h5-8,10,22H,9H2,1-4H3,(H,19,21). The predicted octanol–water partition coefficient (Wildman–Crippen LogP) is 2.74. The summed E-state index contributed by atoms with van der Waals surface area (Å²) in [5, 5.41) is 12.0. The molecule has 0 bridgehead atoms. The van der Waals surface area contributed by atoms with Crippen molar-refractivity contribution in [1.82, 2.24) is 4.90 Å². The average Bonchev–Trinajstić information content (AvgIpc) is 2.35. The van der Waals surface area contributed by atoms with Gasteiger partial charge >= 0.3 is 6.18 Å². The maximum absolute atomic E-state index is 12.9. The van der Waals surface area contributed by atoms with Crippen LogP contribution in [0.25, 0.3) is 0 Å². The highest BCUT2D eigenvalue weighted by molar-refractivity contribution is 5.95. The molecular formula is C15H21F3N2O2. The molecule has 0 aliphatic carbocycles. The van der Waals surface area contributed by atoms with E-state index in [4.69, 9.17) is 0 Å². The van der Waals surface area contributed by atoms with Crippen molar-refractivity contribution >= 4 is 11.6 Å². The number of carbonyl (C=O) groups is 1. The molecule has 0 heterocycles. The normalized spacial score (nSPS) is 14.0. The molecule has 0 spiro atoms. The van der Waals surface area contributed by atoms with Gasteiger partial charge in [0.1, 0.15) is 0 Å². The molecule has 1 rings (SSSR count). The maximum atomic E-state index is 12.9. The van der Waals surface area contributed by atoms with Gasteiger partial charge in [-0.1, -0.05) is 12.1 Å². The Morgan fingerprint density at radius 1 is 1.32 bits per heavy atom. The molecule has 1 atom stereocenters. The first-order valence-corrected chi connectivity index (χ1v) is 6.81. The highest BCUT2D eigenvalue weighted by Gasteiger charge is 2.34. The molecule has 0 aromatic heterocycles. The van der Waals surface area contributed by atoms with Crippen LogP contribution in [0.4, 0.5) is 18.9 Å². The van der Waals surface area contributed by atoms with Crippen LogP contribution >= 0.6 is 0 Å². The number of rotatable bonds is 5. The topological polar surface area (TPSA) is 52.6 Å². The van der Waals surface area contributed by atoms with Crippen LogP contribution in [0.1, 0.15) is 26.3 Å². The number of nitrogens with one attached hydrogen (secondary N) is 1. The minimum absolute atomic E-state index is 0.211. The number of benzene rings is 1.